The second-order valence-electron chi connectivity index (χ2n) is 5.79. The van der Waals surface area contributed by atoms with Gasteiger partial charge in [-0.25, -0.2) is 21.9 Å². The van der Waals surface area contributed by atoms with E-state index < -0.39 is 34.3 Å². The zero-order chi connectivity index (χ0) is 20.9. The van der Waals surface area contributed by atoms with Gasteiger partial charge in [0.2, 0.25) is 10.0 Å². The van der Waals surface area contributed by atoms with E-state index in [9.17, 15) is 22.4 Å². The van der Waals surface area contributed by atoms with Crippen molar-refractivity contribution in [3.63, 3.8) is 0 Å². The number of rotatable bonds is 7. The van der Waals surface area contributed by atoms with Gasteiger partial charge in [-0.1, -0.05) is 0 Å². The van der Waals surface area contributed by atoms with Crippen molar-refractivity contribution < 1.29 is 31.9 Å². The van der Waals surface area contributed by atoms with Gasteiger partial charge in [-0.05, 0) is 42.5 Å². The summed E-state index contributed by atoms with van der Waals surface area (Å²) >= 11 is 0. The zero-order valence-electron chi connectivity index (χ0n) is 15.4. The molecule has 0 aliphatic heterocycles. The Bertz CT molecular complexity index is 974. The van der Waals surface area contributed by atoms with Crippen LogP contribution in [0.5, 0.6) is 5.75 Å². The fourth-order valence-corrected chi connectivity index (χ4v) is 3.03. The average molecular weight is 410 g/mol. The lowest BCUT2D eigenvalue weighted by atomic mass is 10.2. The van der Waals surface area contributed by atoms with Crippen LogP contribution in [0.25, 0.3) is 0 Å². The van der Waals surface area contributed by atoms with Crippen molar-refractivity contribution >= 4 is 27.6 Å². The van der Waals surface area contributed by atoms with E-state index >= 15 is 0 Å². The number of hydrogen-bond acceptors (Lipinski definition) is 6. The first-order valence-corrected chi connectivity index (χ1v) is 9.42. The molecule has 0 aliphatic rings. The molecule has 2 aromatic rings. The van der Waals surface area contributed by atoms with Crippen molar-refractivity contribution in [1.29, 1.82) is 0 Å². The quantitative estimate of drug-likeness (QED) is 0.700. The molecule has 2 aromatic carbocycles. The van der Waals surface area contributed by atoms with Gasteiger partial charge in [0.25, 0.3) is 5.91 Å². The van der Waals surface area contributed by atoms with Gasteiger partial charge in [-0.15, -0.1) is 0 Å². The highest BCUT2D eigenvalue weighted by Crippen LogP contribution is 2.19. The standard InChI is InChI=1S/C18H19FN2O6S/c1-21(2)28(24,25)14-7-5-13(6-8-14)20-17(22)11-27-18(23)12-4-9-16(26-3)15(19)10-12/h4-10H,11H2,1-3H3,(H,20,22). The maximum absolute atomic E-state index is 13.6. The third-order valence-electron chi connectivity index (χ3n) is 3.64. The molecule has 0 saturated heterocycles. The molecular formula is C18H19FN2O6S. The molecule has 1 N–H and O–H groups in total. The molecule has 0 fully saturated rings. The summed E-state index contributed by atoms with van der Waals surface area (Å²) in [5.41, 5.74) is 0.263. The van der Waals surface area contributed by atoms with Crippen molar-refractivity contribution in [2.45, 2.75) is 4.90 Å². The van der Waals surface area contributed by atoms with Crippen molar-refractivity contribution in [3.8, 4) is 5.75 Å². The SMILES string of the molecule is COc1ccc(C(=O)OCC(=O)Nc2ccc(S(=O)(=O)N(C)C)cc2)cc1F. The Morgan fingerprint density at radius 2 is 1.75 bits per heavy atom. The first-order chi connectivity index (χ1) is 13.1. The van der Waals surface area contributed by atoms with Crippen LogP contribution in [-0.4, -0.2) is 52.4 Å². The molecule has 0 spiro atoms. The molecule has 150 valence electrons. The molecule has 2 rings (SSSR count). The number of benzene rings is 2. The maximum Gasteiger partial charge on any atom is 0.338 e. The number of amides is 1. The van der Waals surface area contributed by atoms with E-state index in [4.69, 9.17) is 9.47 Å². The number of nitrogens with one attached hydrogen (secondary N) is 1. The molecule has 28 heavy (non-hydrogen) atoms. The van der Waals surface area contributed by atoms with Crippen molar-refractivity contribution in [2.24, 2.45) is 0 Å². The highest BCUT2D eigenvalue weighted by atomic mass is 32.2. The maximum atomic E-state index is 13.6. The van der Waals surface area contributed by atoms with Crippen LogP contribution in [-0.2, 0) is 19.6 Å². The summed E-state index contributed by atoms with van der Waals surface area (Å²) in [6, 6.07) is 9.04. The molecule has 0 atom stereocenters. The van der Waals surface area contributed by atoms with Gasteiger partial charge in [0, 0.05) is 19.8 Å². The van der Waals surface area contributed by atoms with Crippen LogP contribution in [0.4, 0.5) is 10.1 Å². The predicted molar refractivity (Wildman–Crippen MR) is 99.2 cm³/mol. The Balaban J connectivity index is 1.94. The zero-order valence-corrected chi connectivity index (χ0v) is 16.2. The number of ether oxygens (including phenoxy) is 2. The summed E-state index contributed by atoms with van der Waals surface area (Å²) in [4.78, 5) is 23.9. The number of halogens is 1. The minimum Gasteiger partial charge on any atom is -0.494 e. The summed E-state index contributed by atoms with van der Waals surface area (Å²) in [7, 11) is 0.545. The number of methoxy groups -OCH3 is 1. The number of sulfonamides is 1. The number of nitrogens with zero attached hydrogens (tertiary/aromatic N) is 1. The minimum atomic E-state index is -3.57. The molecule has 1 amide bonds. The van der Waals surface area contributed by atoms with Crippen LogP contribution in [0, 0.1) is 5.82 Å². The molecule has 0 radical (unpaired) electrons. The van der Waals surface area contributed by atoms with Gasteiger partial charge in [0.1, 0.15) is 0 Å². The molecule has 8 nitrogen and oxygen atoms in total. The second kappa shape index (κ2) is 8.81. The average Bonchev–Trinajstić information content (AvgIpc) is 2.66. The van der Waals surface area contributed by atoms with Gasteiger partial charge in [-0.2, -0.15) is 0 Å². The van der Waals surface area contributed by atoms with Crippen molar-refractivity contribution in [1.82, 2.24) is 4.31 Å². The molecule has 0 aromatic heterocycles. The van der Waals surface area contributed by atoms with E-state index in [2.05, 4.69) is 5.32 Å². The van der Waals surface area contributed by atoms with Crippen LogP contribution in [0.3, 0.4) is 0 Å². The van der Waals surface area contributed by atoms with Crippen LogP contribution < -0.4 is 10.1 Å². The minimum absolute atomic E-state index is 0.0194. The number of anilines is 1. The molecule has 0 heterocycles. The largest absolute Gasteiger partial charge is 0.494 e. The van der Waals surface area contributed by atoms with Crippen molar-refractivity contribution in [3.05, 3.63) is 53.8 Å². The molecule has 0 unspecified atom stereocenters. The van der Waals surface area contributed by atoms with E-state index in [1.165, 1.54) is 57.6 Å². The Hall–Kier alpha value is -2.98. The molecule has 0 saturated carbocycles. The van der Waals surface area contributed by atoms with E-state index in [1.54, 1.807) is 0 Å². The lowest BCUT2D eigenvalue weighted by Crippen LogP contribution is -2.22. The fourth-order valence-electron chi connectivity index (χ4n) is 2.13. The summed E-state index contributed by atoms with van der Waals surface area (Å²) in [6.07, 6.45) is 0. The number of carbonyl (C=O) groups excluding carboxylic acids is 2. The highest BCUT2D eigenvalue weighted by molar-refractivity contribution is 7.89. The van der Waals surface area contributed by atoms with Gasteiger partial charge in [0.15, 0.2) is 18.2 Å². The molecule has 10 heteroatoms. The van der Waals surface area contributed by atoms with Gasteiger partial charge in [-0.3, -0.25) is 4.79 Å². The molecule has 0 bridgehead atoms. The van der Waals surface area contributed by atoms with Crippen LogP contribution in [0.1, 0.15) is 10.4 Å². The first-order valence-electron chi connectivity index (χ1n) is 7.98. The fraction of sp³-hybridized carbons (Fsp3) is 0.222. The number of hydrogen-bond donors (Lipinski definition) is 1. The summed E-state index contributed by atoms with van der Waals surface area (Å²) in [5, 5.41) is 2.47. The third-order valence-corrected chi connectivity index (χ3v) is 5.47. The van der Waals surface area contributed by atoms with E-state index in [0.29, 0.717) is 5.69 Å². The molecular weight excluding hydrogens is 391 g/mol. The normalized spacial score (nSPS) is 11.2. The number of esters is 1. The topological polar surface area (TPSA) is 102 Å². The first kappa shape index (κ1) is 21.3. The Kier molecular flexibility index (Phi) is 6.71. The van der Waals surface area contributed by atoms with E-state index in [-0.39, 0.29) is 16.2 Å². The highest BCUT2D eigenvalue weighted by Gasteiger charge is 2.17. The van der Waals surface area contributed by atoms with Crippen LogP contribution in [0.2, 0.25) is 0 Å². The lowest BCUT2D eigenvalue weighted by Gasteiger charge is -2.12. The predicted octanol–water partition coefficient (Wildman–Crippen LogP) is 1.88. The van der Waals surface area contributed by atoms with Gasteiger partial charge >= 0.3 is 5.97 Å². The Morgan fingerprint density at radius 3 is 2.29 bits per heavy atom. The van der Waals surface area contributed by atoms with E-state index in [0.717, 1.165) is 10.4 Å². The lowest BCUT2D eigenvalue weighted by molar-refractivity contribution is -0.119. The summed E-state index contributed by atoms with van der Waals surface area (Å²) < 4.78 is 48.2. The van der Waals surface area contributed by atoms with Crippen LogP contribution in [0.15, 0.2) is 47.4 Å². The monoisotopic (exact) mass is 410 g/mol. The second-order valence-corrected chi connectivity index (χ2v) is 7.94. The molecule has 0 aliphatic carbocycles. The van der Waals surface area contributed by atoms with Crippen molar-refractivity contribution in [2.75, 3.05) is 33.1 Å². The van der Waals surface area contributed by atoms with E-state index in [1.807, 2.05) is 0 Å². The smallest absolute Gasteiger partial charge is 0.338 e. The van der Waals surface area contributed by atoms with Gasteiger partial charge < -0.3 is 14.8 Å². The Morgan fingerprint density at radius 1 is 1.11 bits per heavy atom. The summed E-state index contributed by atoms with van der Waals surface area (Å²) in [5.74, 6) is -2.25. The summed E-state index contributed by atoms with van der Waals surface area (Å²) in [6.45, 7) is -0.593. The number of carbonyl (C=O) groups is 2. The Labute approximate surface area is 161 Å². The van der Waals surface area contributed by atoms with Gasteiger partial charge in [0.05, 0.1) is 17.6 Å². The third kappa shape index (κ3) is 5.05. The van der Waals surface area contributed by atoms with Crippen LogP contribution >= 0.6 is 0 Å².